The van der Waals surface area contributed by atoms with Gasteiger partial charge in [-0.1, -0.05) is 18.2 Å². The van der Waals surface area contributed by atoms with Crippen molar-refractivity contribution in [2.45, 2.75) is 20.5 Å². The van der Waals surface area contributed by atoms with E-state index in [1.165, 1.54) is 3.57 Å². The molecule has 0 saturated heterocycles. The fraction of sp³-hybridized carbons (Fsp3) is 0.120. The van der Waals surface area contributed by atoms with Crippen molar-refractivity contribution in [3.8, 4) is 11.8 Å². The Morgan fingerprint density at radius 3 is 2.44 bits per heavy atom. The number of aryl methyl sites for hydroxylation is 2. The maximum Gasteiger partial charge on any atom is 0.266 e. The molecule has 0 unspecified atom stereocenters. The summed E-state index contributed by atoms with van der Waals surface area (Å²) >= 11 is 8.02. The van der Waals surface area contributed by atoms with Crippen molar-refractivity contribution in [1.29, 1.82) is 5.26 Å². The molecule has 1 amide bonds. The highest BCUT2D eigenvalue weighted by molar-refractivity contribution is 14.1. The Morgan fingerprint density at radius 1 is 1.09 bits per heavy atom. The molecule has 0 aromatic heterocycles. The Kier molecular flexibility index (Phi) is 8.73. The van der Waals surface area contributed by atoms with E-state index < -0.39 is 5.91 Å². The fourth-order valence-electron chi connectivity index (χ4n) is 2.87. The van der Waals surface area contributed by atoms with Crippen LogP contribution in [0.4, 0.5) is 5.69 Å². The van der Waals surface area contributed by atoms with Crippen LogP contribution in [0.3, 0.4) is 0 Å². The molecule has 3 aromatic carbocycles. The first-order chi connectivity index (χ1) is 15.3. The topological polar surface area (TPSA) is 62.1 Å². The smallest absolute Gasteiger partial charge is 0.266 e. The molecule has 0 heterocycles. The van der Waals surface area contributed by atoms with E-state index in [4.69, 9.17) is 4.74 Å². The second-order valence-corrected chi connectivity index (χ2v) is 10.4. The number of hydrogen-bond acceptors (Lipinski definition) is 3. The van der Waals surface area contributed by atoms with E-state index in [1.54, 1.807) is 6.08 Å². The van der Waals surface area contributed by atoms with Gasteiger partial charge < -0.3 is 10.1 Å². The molecule has 7 heteroatoms. The van der Waals surface area contributed by atoms with Gasteiger partial charge in [-0.05, 0) is 140 Å². The molecule has 32 heavy (non-hydrogen) atoms. The van der Waals surface area contributed by atoms with E-state index in [0.717, 1.165) is 36.0 Å². The van der Waals surface area contributed by atoms with Crippen LogP contribution in [0.15, 0.2) is 64.6 Å². The molecule has 0 atom stereocenters. The summed E-state index contributed by atoms with van der Waals surface area (Å²) in [6, 6.07) is 19.5. The van der Waals surface area contributed by atoms with Crippen molar-refractivity contribution >= 4 is 78.8 Å². The third kappa shape index (κ3) is 6.56. The molecule has 0 bridgehead atoms. The van der Waals surface area contributed by atoms with Crippen molar-refractivity contribution in [3.05, 3.63) is 94.0 Å². The molecular weight excluding hydrogens is 694 g/mol. The number of ether oxygens (including phenoxy) is 1. The monoisotopic (exact) mass is 712 g/mol. The van der Waals surface area contributed by atoms with Gasteiger partial charge in [-0.25, -0.2) is 0 Å². The summed E-state index contributed by atoms with van der Waals surface area (Å²) in [5, 5.41) is 12.3. The van der Waals surface area contributed by atoms with Gasteiger partial charge in [0.15, 0.2) is 0 Å². The first-order valence-electron chi connectivity index (χ1n) is 9.63. The van der Waals surface area contributed by atoms with Crippen LogP contribution in [0.2, 0.25) is 0 Å². The van der Waals surface area contributed by atoms with Crippen LogP contribution in [0.1, 0.15) is 22.3 Å². The predicted molar refractivity (Wildman–Crippen MR) is 148 cm³/mol. The van der Waals surface area contributed by atoms with Gasteiger partial charge in [-0.2, -0.15) is 5.26 Å². The molecule has 162 valence electrons. The predicted octanol–water partition coefficient (Wildman–Crippen LogP) is 7.40. The number of benzene rings is 3. The standard InChI is InChI=1S/C25H19BrI2N2O2/c1-15-3-8-21(9-16(15)2)30-25(31)19(13-29)10-18-11-22(26)24(23(28)12-18)32-14-17-4-6-20(27)7-5-17/h3-12H,14H2,1-2H3,(H,30,31)/b19-10+. The minimum Gasteiger partial charge on any atom is -0.487 e. The van der Waals surface area contributed by atoms with Gasteiger partial charge >= 0.3 is 0 Å². The Hall–Kier alpha value is -1.90. The first-order valence-corrected chi connectivity index (χ1v) is 12.6. The highest BCUT2D eigenvalue weighted by atomic mass is 127. The first kappa shape index (κ1) is 24.7. The van der Waals surface area contributed by atoms with Crippen LogP contribution in [-0.4, -0.2) is 5.91 Å². The number of amides is 1. The van der Waals surface area contributed by atoms with Gasteiger partial charge in [0, 0.05) is 9.26 Å². The summed E-state index contributed by atoms with van der Waals surface area (Å²) in [5.41, 5.74) is 4.71. The van der Waals surface area contributed by atoms with Crippen LogP contribution in [0.25, 0.3) is 6.08 Å². The third-order valence-corrected chi connectivity index (χ3v) is 6.87. The molecule has 0 aliphatic rings. The number of rotatable bonds is 6. The lowest BCUT2D eigenvalue weighted by Gasteiger charge is -2.12. The molecule has 3 aromatic rings. The lowest BCUT2D eigenvalue weighted by molar-refractivity contribution is -0.112. The third-order valence-electron chi connectivity index (χ3n) is 4.76. The van der Waals surface area contributed by atoms with Crippen LogP contribution >= 0.6 is 61.1 Å². The second kappa shape index (κ2) is 11.3. The Bertz CT molecular complexity index is 1210. The lowest BCUT2D eigenvalue weighted by atomic mass is 10.1. The zero-order chi connectivity index (χ0) is 23.3. The largest absolute Gasteiger partial charge is 0.487 e. The van der Waals surface area contributed by atoms with E-state index in [1.807, 2.05) is 74.5 Å². The van der Waals surface area contributed by atoms with Gasteiger partial charge in [-0.3, -0.25) is 4.79 Å². The molecule has 0 aliphatic carbocycles. The van der Waals surface area contributed by atoms with E-state index in [2.05, 4.69) is 66.4 Å². The number of carbonyl (C=O) groups is 1. The fourth-order valence-corrected chi connectivity index (χ4v) is 5.00. The molecule has 0 aliphatic heterocycles. The minimum absolute atomic E-state index is 0.0264. The van der Waals surface area contributed by atoms with E-state index >= 15 is 0 Å². The molecule has 4 nitrogen and oxygen atoms in total. The molecule has 3 rings (SSSR count). The molecule has 0 saturated carbocycles. The van der Waals surface area contributed by atoms with Crippen molar-refractivity contribution in [1.82, 2.24) is 0 Å². The van der Waals surface area contributed by atoms with Gasteiger partial charge in [0.2, 0.25) is 0 Å². The zero-order valence-corrected chi connectivity index (χ0v) is 23.3. The molecular formula is C25H19BrI2N2O2. The summed E-state index contributed by atoms with van der Waals surface area (Å²) in [7, 11) is 0. The SMILES string of the molecule is Cc1ccc(NC(=O)/C(C#N)=C/c2cc(Br)c(OCc3ccc(I)cc3)c(I)c2)cc1C. The van der Waals surface area contributed by atoms with Gasteiger partial charge in [0.1, 0.15) is 24.0 Å². The summed E-state index contributed by atoms with van der Waals surface area (Å²) in [6.07, 6.45) is 1.58. The number of carbonyl (C=O) groups excluding carboxylic acids is 1. The normalized spacial score (nSPS) is 11.1. The van der Waals surface area contributed by atoms with E-state index in [9.17, 15) is 10.1 Å². The number of halogens is 3. The second-order valence-electron chi connectivity index (χ2n) is 7.15. The minimum atomic E-state index is -0.444. The Morgan fingerprint density at radius 2 is 1.81 bits per heavy atom. The van der Waals surface area contributed by atoms with Crippen molar-refractivity contribution < 1.29 is 9.53 Å². The molecule has 1 N–H and O–H groups in total. The van der Waals surface area contributed by atoms with E-state index in [0.29, 0.717) is 12.3 Å². The van der Waals surface area contributed by atoms with Crippen LogP contribution in [-0.2, 0) is 11.4 Å². The number of hydrogen-bond donors (Lipinski definition) is 1. The van der Waals surface area contributed by atoms with Gasteiger partial charge in [0.25, 0.3) is 5.91 Å². The maximum absolute atomic E-state index is 12.6. The number of nitrogens with one attached hydrogen (secondary N) is 1. The molecule has 0 radical (unpaired) electrons. The summed E-state index contributed by atoms with van der Waals surface area (Å²) in [4.78, 5) is 12.6. The quantitative estimate of drug-likeness (QED) is 0.165. The zero-order valence-electron chi connectivity index (χ0n) is 17.4. The summed E-state index contributed by atoms with van der Waals surface area (Å²) in [6.45, 7) is 4.44. The summed E-state index contributed by atoms with van der Waals surface area (Å²) < 4.78 is 8.81. The highest BCUT2D eigenvalue weighted by Gasteiger charge is 2.13. The molecule has 0 fully saturated rings. The number of nitrogens with zero attached hydrogens (tertiary/aromatic N) is 1. The Labute approximate surface area is 223 Å². The average molecular weight is 713 g/mol. The van der Waals surface area contributed by atoms with Crippen molar-refractivity contribution in [3.63, 3.8) is 0 Å². The van der Waals surface area contributed by atoms with Crippen LogP contribution < -0.4 is 10.1 Å². The average Bonchev–Trinajstić information content (AvgIpc) is 2.75. The molecule has 0 spiro atoms. The maximum atomic E-state index is 12.6. The van der Waals surface area contributed by atoms with Crippen LogP contribution in [0.5, 0.6) is 5.75 Å². The van der Waals surface area contributed by atoms with E-state index in [-0.39, 0.29) is 5.57 Å². The lowest BCUT2D eigenvalue weighted by Crippen LogP contribution is -2.13. The number of nitriles is 1. The van der Waals surface area contributed by atoms with Crippen molar-refractivity contribution in [2.24, 2.45) is 0 Å². The summed E-state index contributed by atoms with van der Waals surface area (Å²) in [5.74, 6) is 0.278. The number of anilines is 1. The Balaban J connectivity index is 1.77. The van der Waals surface area contributed by atoms with Gasteiger partial charge in [0.05, 0.1) is 8.04 Å². The highest BCUT2D eigenvalue weighted by Crippen LogP contribution is 2.33. The van der Waals surface area contributed by atoms with Gasteiger partial charge in [-0.15, -0.1) is 0 Å². The van der Waals surface area contributed by atoms with Crippen molar-refractivity contribution in [2.75, 3.05) is 5.32 Å². The van der Waals surface area contributed by atoms with Crippen LogP contribution in [0, 0.1) is 32.3 Å².